The van der Waals surface area contributed by atoms with E-state index in [2.05, 4.69) is 67.7 Å². The molecule has 0 spiro atoms. The first-order valence-electron chi connectivity index (χ1n) is 7.62. The molecule has 3 rings (SSSR count). The first kappa shape index (κ1) is 15.2. The zero-order valence-corrected chi connectivity index (χ0v) is 14.4. The average Bonchev–Trinajstić information content (AvgIpc) is 2.54. The zero-order chi connectivity index (χ0) is 15.7. The lowest BCUT2D eigenvalue weighted by Crippen LogP contribution is -2.34. The van der Waals surface area contributed by atoms with Gasteiger partial charge in [-0.05, 0) is 68.4 Å². The molecule has 2 aliphatic rings. The van der Waals surface area contributed by atoms with Crippen molar-refractivity contribution in [1.82, 2.24) is 5.32 Å². The first-order chi connectivity index (χ1) is 10.6. The van der Waals surface area contributed by atoms with Crippen molar-refractivity contribution in [2.75, 3.05) is 6.26 Å². The third-order valence-electron chi connectivity index (χ3n) is 4.36. The van der Waals surface area contributed by atoms with Crippen molar-refractivity contribution in [2.24, 2.45) is 4.99 Å². The summed E-state index contributed by atoms with van der Waals surface area (Å²) in [7, 11) is 0. The molecular formula is C19H22N2S. The number of aliphatic imine (C=N–C) groups is 1. The number of dihydropyridines is 1. The van der Waals surface area contributed by atoms with Gasteiger partial charge in [0.2, 0.25) is 0 Å². The smallest absolute Gasteiger partial charge is 0.0518 e. The lowest BCUT2D eigenvalue weighted by molar-refractivity contribution is 0.656. The minimum absolute atomic E-state index is 0.358. The molecule has 1 aromatic carbocycles. The summed E-state index contributed by atoms with van der Waals surface area (Å²) in [5.41, 5.74) is 7.51. The summed E-state index contributed by atoms with van der Waals surface area (Å²) in [5.74, 6) is 0. The van der Waals surface area contributed by atoms with Crippen LogP contribution in [0.4, 0.5) is 0 Å². The molecule has 0 aromatic heterocycles. The topological polar surface area (TPSA) is 24.4 Å². The molecule has 0 saturated heterocycles. The van der Waals surface area contributed by atoms with E-state index in [9.17, 15) is 0 Å². The van der Waals surface area contributed by atoms with E-state index in [1.807, 2.05) is 6.20 Å². The number of nitrogens with zero attached hydrogens (tertiary/aromatic N) is 1. The third-order valence-corrected chi connectivity index (χ3v) is 5.11. The Labute approximate surface area is 137 Å². The Bertz CT molecular complexity index is 705. The van der Waals surface area contributed by atoms with Crippen molar-refractivity contribution in [1.29, 1.82) is 0 Å². The standard InChI is InChI=1S/C19H22N2S/c1-12-9-18-13(2)17(14(3)20-11-12)10-19(21-18)15-5-7-16(22-4)8-6-15/h5-8,10-11,18,21H,9H2,1-4H3/b12-11+,20-14?. The van der Waals surface area contributed by atoms with Crippen LogP contribution in [0.15, 0.2) is 63.1 Å². The quantitative estimate of drug-likeness (QED) is 0.793. The van der Waals surface area contributed by atoms with Gasteiger partial charge in [0.05, 0.1) is 6.04 Å². The number of rotatable bonds is 2. The lowest BCUT2D eigenvalue weighted by Gasteiger charge is -2.30. The van der Waals surface area contributed by atoms with E-state index in [4.69, 9.17) is 0 Å². The second kappa shape index (κ2) is 6.17. The SMILES string of the molecule is CSc1ccc(C2=CC3=C(C)C(C/C(C)=C/N=C3C)N2)cc1. The first-order valence-corrected chi connectivity index (χ1v) is 8.85. The number of nitrogens with one attached hydrogen (secondary N) is 1. The van der Waals surface area contributed by atoms with E-state index >= 15 is 0 Å². The van der Waals surface area contributed by atoms with E-state index in [1.165, 1.54) is 32.9 Å². The van der Waals surface area contributed by atoms with Gasteiger partial charge in [0.15, 0.2) is 0 Å². The van der Waals surface area contributed by atoms with Gasteiger partial charge in [0, 0.05) is 22.5 Å². The Morgan fingerprint density at radius 2 is 1.86 bits per heavy atom. The summed E-state index contributed by atoms with van der Waals surface area (Å²) in [6.07, 6.45) is 7.36. The molecule has 2 nitrogen and oxygen atoms in total. The molecule has 2 bridgehead atoms. The van der Waals surface area contributed by atoms with Gasteiger partial charge >= 0.3 is 0 Å². The van der Waals surface area contributed by atoms with Crippen LogP contribution in [0.2, 0.25) is 0 Å². The highest BCUT2D eigenvalue weighted by Crippen LogP contribution is 2.30. The highest BCUT2D eigenvalue weighted by molar-refractivity contribution is 7.98. The van der Waals surface area contributed by atoms with Crippen LogP contribution in [0.1, 0.15) is 32.8 Å². The molecule has 0 fully saturated rings. The molecule has 1 atom stereocenters. The van der Waals surface area contributed by atoms with Gasteiger partial charge in [-0.2, -0.15) is 0 Å². The van der Waals surface area contributed by atoms with Crippen LogP contribution in [-0.4, -0.2) is 18.0 Å². The largest absolute Gasteiger partial charge is 0.378 e. The normalized spacial score (nSPS) is 23.6. The maximum Gasteiger partial charge on any atom is 0.0518 e. The number of hydrogen-bond donors (Lipinski definition) is 1. The van der Waals surface area contributed by atoms with Crippen LogP contribution in [-0.2, 0) is 0 Å². The summed E-state index contributed by atoms with van der Waals surface area (Å²) in [6, 6.07) is 9.11. The van der Waals surface area contributed by atoms with Crippen LogP contribution in [0, 0.1) is 0 Å². The van der Waals surface area contributed by atoms with Gasteiger partial charge in [-0.3, -0.25) is 4.99 Å². The van der Waals surface area contributed by atoms with Crippen molar-refractivity contribution in [2.45, 2.75) is 38.1 Å². The average molecular weight is 310 g/mol. The third kappa shape index (κ3) is 2.91. The van der Waals surface area contributed by atoms with Crippen LogP contribution < -0.4 is 5.32 Å². The van der Waals surface area contributed by atoms with Gasteiger partial charge in [-0.15, -0.1) is 11.8 Å². The molecule has 1 N–H and O–H groups in total. The summed E-state index contributed by atoms with van der Waals surface area (Å²) in [4.78, 5) is 5.91. The Hall–Kier alpha value is -1.74. The van der Waals surface area contributed by atoms with Crippen molar-refractivity contribution in [3.05, 3.63) is 58.8 Å². The molecule has 1 aromatic rings. The van der Waals surface area contributed by atoms with E-state index in [0.29, 0.717) is 6.04 Å². The number of benzene rings is 1. The fourth-order valence-corrected chi connectivity index (χ4v) is 3.37. The Morgan fingerprint density at radius 3 is 2.55 bits per heavy atom. The van der Waals surface area contributed by atoms with Crippen molar-refractivity contribution >= 4 is 23.2 Å². The summed E-state index contributed by atoms with van der Waals surface area (Å²) < 4.78 is 0. The van der Waals surface area contributed by atoms with E-state index < -0.39 is 0 Å². The van der Waals surface area contributed by atoms with Crippen LogP contribution in [0.5, 0.6) is 0 Å². The molecule has 3 heteroatoms. The van der Waals surface area contributed by atoms with Gasteiger partial charge in [0.25, 0.3) is 0 Å². The Kier molecular flexibility index (Phi) is 4.25. The maximum absolute atomic E-state index is 4.61. The molecule has 1 unspecified atom stereocenters. The van der Waals surface area contributed by atoms with E-state index in [1.54, 1.807) is 11.8 Å². The van der Waals surface area contributed by atoms with E-state index in [-0.39, 0.29) is 0 Å². The number of fused-ring (bicyclic) bond motifs is 1. The van der Waals surface area contributed by atoms with Crippen molar-refractivity contribution in [3.8, 4) is 0 Å². The van der Waals surface area contributed by atoms with Gasteiger partial charge < -0.3 is 5.32 Å². The molecular weight excluding hydrogens is 288 g/mol. The van der Waals surface area contributed by atoms with Gasteiger partial charge in [-0.25, -0.2) is 0 Å². The fraction of sp³-hybridized carbons (Fsp3) is 0.316. The van der Waals surface area contributed by atoms with Gasteiger partial charge in [-0.1, -0.05) is 17.7 Å². The molecule has 0 amide bonds. The molecule has 0 radical (unpaired) electrons. The molecule has 2 heterocycles. The molecule has 22 heavy (non-hydrogen) atoms. The number of allylic oxidation sites excluding steroid dienone is 2. The number of hydrogen-bond acceptors (Lipinski definition) is 3. The van der Waals surface area contributed by atoms with Crippen LogP contribution >= 0.6 is 11.8 Å². The van der Waals surface area contributed by atoms with Crippen LogP contribution in [0.25, 0.3) is 5.70 Å². The predicted octanol–water partition coefficient (Wildman–Crippen LogP) is 4.81. The summed E-state index contributed by atoms with van der Waals surface area (Å²) >= 11 is 1.77. The highest BCUT2D eigenvalue weighted by atomic mass is 32.2. The molecule has 114 valence electrons. The summed E-state index contributed by atoms with van der Waals surface area (Å²) in [5, 5.41) is 3.71. The zero-order valence-electron chi connectivity index (χ0n) is 13.6. The van der Waals surface area contributed by atoms with E-state index in [0.717, 1.165) is 12.1 Å². The van der Waals surface area contributed by atoms with Crippen molar-refractivity contribution in [3.63, 3.8) is 0 Å². The molecule has 0 saturated carbocycles. The highest BCUT2D eigenvalue weighted by Gasteiger charge is 2.23. The monoisotopic (exact) mass is 310 g/mol. The second-order valence-corrected chi connectivity index (χ2v) is 6.85. The lowest BCUT2D eigenvalue weighted by atomic mass is 9.89. The molecule has 2 aliphatic heterocycles. The minimum atomic E-state index is 0.358. The predicted molar refractivity (Wildman–Crippen MR) is 97.3 cm³/mol. The molecule has 0 aliphatic carbocycles. The maximum atomic E-state index is 4.61. The minimum Gasteiger partial charge on any atom is -0.378 e. The Balaban J connectivity index is 2.02. The summed E-state index contributed by atoms with van der Waals surface area (Å²) in [6.45, 7) is 6.47. The second-order valence-electron chi connectivity index (χ2n) is 5.97. The van der Waals surface area contributed by atoms with Gasteiger partial charge in [0.1, 0.15) is 0 Å². The van der Waals surface area contributed by atoms with Crippen molar-refractivity contribution < 1.29 is 0 Å². The fourth-order valence-electron chi connectivity index (χ4n) is 2.97. The number of thioether (sulfide) groups is 1. The van der Waals surface area contributed by atoms with Crippen LogP contribution in [0.3, 0.4) is 0 Å². The Morgan fingerprint density at radius 1 is 1.14 bits per heavy atom.